The molecule has 170 valence electrons. The predicted octanol–water partition coefficient (Wildman–Crippen LogP) is 2.23. The van der Waals surface area contributed by atoms with Crippen LogP contribution in [0.2, 0.25) is 0 Å². The van der Waals surface area contributed by atoms with Crippen LogP contribution in [-0.2, 0) is 14.3 Å². The second-order valence-electron chi connectivity index (χ2n) is 9.53. The highest BCUT2D eigenvalue weighted by Crippen LogP contribution is 2.40. The Balaban J connectivity index is 1.45. The van der Waals surface area contributed by atoms with Crippen LogP contribution < -0.4 is 10.1 Å². The number of amides is 2. The molecule has 0 radical (unpaired) electrons. The number of carbonyl (C=O) groups excluding carboxylic acids is 2. The van der Waals surface area contributed by atoms with Crippen LogP contribution in [0.15, 0.2) is 24.3 Å². The van der Waals surface area contributed by atoms with Gasteiger partial charge >= 0.3 is 0 Å². The summed E-state index contributed by atoms with van der Waals surface area (Å²) in [6, 6.07) is 7.35. The third kappa shape index (κ3) is 4.44. The molecule has 2 heterocycles. The van der Waals surface area contributed by atoms with E-state index in [0.29, 0.717) is 18.9 Å². The summed E-state index contributed by atoms with van der Waals surface area (Å²) in [4.78, 5) is 26.8. The number of hydrogen-bond donors (Lipinski definition) is 2. The molecular formula is C24H34N2O5. The van der Waals surface area contributed by atoms with Crippen molar-refractivity contribution in [2.45, 2.75) is 69.5 Å². The maximum atomic E-state index is 13.2. The van der Waals surface area contributed by atoms with Crippen LogP contribution in [0.3, 0.4) is 0 Å². The topological polar surface area (TPSA) is 88.1 Å². The Kier molecular flexibility index (Phi) is 6.53. The van der Waals surface area contributed by atoms with E-state index >= 15 is 0 Å². The molecule has 3 atom stereocenters. The van der Waals surface area contributed by atoms with Crippen molar-refractivity contribution in [3.05, 3.63) is 29.8 Å². The summed E-state index contributed by atoms with van der Waals surface area (Å²) >= 11 is 0. The summed E-state index contributed by atoms with van der Waals surface area (Å²) in [6.45, 7) is 4.22. The van der Waals surface area contributed by atoms with Gasteiger partial charge in [-0.25, -0.2) is 0 Å². The molecule has 3 fully saturated rings. The van der Waals surface area contributed by atoms with Gasteiger partial charge in [0.15, 0.2) is 6.61 Å². The predicted molar refractivity (Wildman–Crippen MR) is 116 cm³/mol. The Morgan fingerprint density at radius 3 is 2.71 bits per heavy atom. The number of aliphatic hydroxyl groups excluding tert-OH is 1. The third-order valence-corrected chi connectivity index (χ3v) is 7.28. The fourth-order valence-corrected chi connectivity index (χ4v) is 5.72. The van der Waals surface area contributed by atoms with Gasteiger partial charge in [0.1, 0.15) is 12.4 Å². The maximum absolute atomic E-state index is 13.2. The highest BCUT2D eigenvalue weighted by Gasteiger charge is 2.54. The quantitative estimate of drug-likeness (QED) is 0.748. The monoisotopic (exact) mass is 430 g/mol. The minimum Gasteiger partial charge on any atom is -0.483 e. The van der Waals surface area contributed by atoms with E-state index in [1.165, 1.54) is 18.4 Å². The highest BCUT2D eigenvalue weighted by atomic mass is 16.5. The normalized spacial score (nSPS) is 33.4. The lowest BCUT2D eigenvalue weighted by Crippen LogP contribution is -2.65. The van der Waals surface area contributed by atoms with E-state index in [1.807, 2.05) is 25.1 Å². The van der Waals surface area contributed by atoms with Gasteiger partial charge < -0.3 is 24.8 Å². The van der Waals surface area contributed by atoms with Crippen molar-refractivity contribution in [1.82, 2.24) is 10.2 Å². The summed E-state index contributed by atoms with van der Waals surface area (Å²) in [7, 11) is 0. The van der Waals surface area contributed by atoms with Gasteiger partial charge in [-0.15, -0.1) is 0 Å². The molecule has 7 heteroatoms. The Morgan fingerprint density at radius 2 is 2.00 bits per heavy atom. The van der Waals surface area contributed by atoms with Gasteiger partial charge in [-0.3, -0.25) is 9.59 Å². The van der Waals surface area contributed by atoms with Crippen molar-refractivity contribution >= 4 is 11.8 Å². The first kappa shape index (κ1) is 22.1. The molecule has 2 amide bonds. The molecule has 0 aromatic heterocycles. The minimum absolute atomic E-state index is 0.0159. The molecule has 3 aliphatic rings. The molecule has 1 spiro atoms. The number of hydrogen-bond acceptors (Lipinski definition) is 5. The van der Waals surface area contributed by atoms with Crippen LogP contribution in [0.25, 0.3) is 0 Å². The second kappa shape index (κ2) is 9.17. The van der Waals surface area contributed by atoms with E-state index in [9.17, 15) is 14.7 Å². The lowest BCUT2D eigenvalue weighted by atomic mass is 9.79. The Labute approximate surface area is 184 Å². The number of para-hydroxylation sites is 1. The number of aliphatic hydroxyl groups is 1. The SMILES string of the molecule is CC1CCC(c2ccccc2OCC(=O)N2[C@H](C)C[C@@]3(COCC(=O)N3)[C@@H]2CO)CC1. The van der Waals surface area contributed by atoms with Gasteiger partial charge in [0, 0.05) is 6.04 Å². The van der Waals surface area contributed by atoms with E-state index in [1.54, 1.807) is 4.90 Å². The largest absolute Gasteiger partial charge is 0.483 e. The molecule has 31 heavy (non-hydrogen) atoms. The van der Waals surface area contributed by atoms with Gasteiger partial charge in [-0.2, -0.15) is 0 Å². The van der Waals surface area contributed by atoms with Crippen molar-refractivity contribution in [1.29, 1.82) is 0 Å². The van der Waals surface area contributed by atoms with Gasteiger partial charge in [0.05, 0.1) is 24.8 Å². The second-order valence-corrected chi connectivity index (χ2v) is 9.53. The molecule has 7 nitrogen and oxygen atoms in total. The van der Waals surface area contributed by atoms with Crippen LogP contribution in [-0.4, -0.2) is 65.9 Å². The van der Waals surface area contributed by atoms with Crippen molar-refractivity contribution < 1.29 is 24.2 Å². The smallest absolute Gasteiger partial charge is 0.261 e. The molecule has 2 saturated heterocycles. The fourth-order valence-electron chi connectivity index (χ4n) is 5.72. The zero-order valence-corrected chi connectivity index (χ0v) is 18.5. The van der Waals surface area contributed by atoms with Gasteiger partial charge in [0.25, 0.3) is 5.91 Å². The lowest BCUT2D eigenvalue weighted by molar-refractivity contribution is -0.143. The number of benzene rings is 1. The van der Waals surface area contributed by atoms with E-state index in [2.05, 4.69) is 18.3 Å². The van der Waals surface area contributed by atoms with Crippen LogP contribution in [0.4, 0.5) is 0 Å². The van der Waals surface area contributed by atoms with Gasteiger partial charge in [0.2, 0.25) is 5.91 Å². The summed E-state index contributed by atoms with van der Waals surface area (Å²) < 4.78 is 11.5. The van der Waals surface area contributed by atoms with Gasteiger partial charge in [-0.1, -0.05) is 38.0 Å². The van der Waals surface area contributed by atoms with Crippen molar-refractivity contribution in [3.63, 3.8) is 0 Å². The lowest BCUT2D eigenvalue weighted by Gasteiger charge is -2.40. The highest BCUT2D eigenvalue weighted by molar-refractivity contribution is 5.81. The summed E-state index contributed by atoms with van der Waals surface area (Å²) in [5, 5.41) is 13.1. The summed E-state index contributed by atoms with van der Waals surface area (Å²) in [5.74, 6) is 1.62. The van der Waals surface area contributed by atoms with E-state index < -0.39 is 11.6 Å². The Hall–Kier alpha value is -2.12. The van der Waals surface area contributed by atoms with E-state index in [4.69, 9.17) is 9.47 Å². The van der Waals surface area contributed by atoms with Crippen LogP contribution in [0, 0.1) is 5.92 Å². The zero-order chi connectivity index (χ0) is 22.0. The summed E-state index contributed by atoms with van der Waals surface area (Å²) in [6.07, 6.45) is 5.28. The minimum atomic E-state index is -0.740. The standard InChI is InChI=1S/C24H34N2O5/c1-16-7-9-18(10-8-16)19-5-3-4-6-20(19)31-14-23(29)26-17(2)11-24(21(26)12-27)15-30-13-22(28)25-24/h3-6,16-18,21,27H,7-15H2,1-2H3,(H,25,28)/t16?,17-,18?,21+,24-/m1/s1. The molecule has 0 bridgehead atoms. The number of likely N-dealkylation sites (tertiary alicyclic amines) is 1. The third-order valence-electron chi connectivity index (χ3n) is 7.28. The van der Waals surface area contributed by atoms with E-state index in [0.717, 1.165) is 24.5 Å². The molecule has 1 saturated carbocycles. The number of rotatable bonds is 5. The number of nitrogens with zero attached hydrogens (tertiary/aromatic N) is 1. The van der Waals surface area contributed by atoms with E-state index in [-0.39, 0.29) is 37.7 Å². The Bertz CT molecular complexity index is 807. The van der Waals surface area contributed by atoms with Crippen molar-refractivity contribution in [2.24, 2.45) is 5.92 Å². The molecule has 1 aliphatic carbocycles. The summed E-state index contributed by atoms with van der Waals surface area (Å²) in [5.41, 5.74) is 0.440. The molecule has 0 unspecified atom stereocenters. The first-order chi connectivity index (χ1) is 14.9. The zero-order valence-electron chi connectivity index (χ0n) is 18.5. The first-order valence-electron chi connectivity index (χ1n) is 11.5. The first-order valence-corrected chi connectivity index (χ1v) is 11.5. The number of ether oxygens (including phenoxy) is 2. The molecule has 2 aliphatic heterocycles. The molecule has 1 aromatic rings. The molecule has 1 aromatic carbocycles. The van der Waals surface area contributed by atoms with Crippen molar-refractivity contribution in [2.75, 3.05) is 26.4 Å². The van der Waals surface area contributed by atoms with Crippen LogP contribution >= 0.6 is 0 Å². The van der Waals surface area contributed by atoms with Crippen LogP contribution in [0.1, 0.15) is 57.4 Å². The average molecular weight is 431 g/mol. The number of carbonyl (C=O) groups is 2. The fraction of sp³-hybridized carbons (Fsp3) is 0.667. The molecular weight excluding hydrogens is 396 g/mol. The molecule has 4 rings (SSSR count). The van der Waals surface area contributed by atoms with Crippen LogP contribution in [0.5, 0.6) is 5.75 Å². The number of morpholine rings is 1. The number of nitrogens with one attached hydrogen (secondary N) is 1. The van der Waals surface area contributed by atoms with Crippen molar-refractivity contribution in [3.8, 4) is 5.75 Å². The Morgan fingerprint density at radius 1 is 1.26 bits per heavy atom. The molecule has 2 N–H and O–H groups in total. The van der Waals surface area contributed by atoms with Gasteiger partial charge in [-0.05, 0) is 49.7 Å². The average Bonchev–Trinajstić information content (AvgIpc) is 3.02. The maximum Gasteiger partial charge on any atom is 0.261 e.